The lowest BCUT2D eigenvalue weighted by Gasteiger charge is -2.04. The molecule has 0 atom stereocenters. The van der Waals surface area contributed by atoms with Crippen LogP contribution in [0, 0.1) is 15.9 Å². The predicted octanol–water partition coefficient (Wildman–Crippen LogP) is 1.32. The molecule has 0 radical (unpaired) electrons. The number of carbonyl (C=O) groups excluding carboxylic acids is 2. The fraction of sp³-hybridized carbons (Fsp3) is 0.0625. The van der Waals surface area contributed by atoms with Crippen LogP contribution in [0.1, 0.15) is 15.9 Å². The Kier molecular flexibility index (Phi) is 5.93. The van der Waals surface area contributed by atoms with E-state index >= 15 is 0 Å². The number of carbonyl (C=O) groups is 2. The number of phenols is 1. The van der Waals surface area contributed by atoms with Crippen LogP contribution in [-0.4, -0.2) is 34.6 Å². The number of nitrogens with zero attached hydrogens (tertiary/aromatic N) is 2. The highest BCUT2D eigenvalue weighted by Crippen LogP contribution is 2.25. The van der Waals surface area contributed by atoms with E-state index in [9.17, 15) is 29.2 Å². The van der Waals surface area contributed by atoms with E-state index in [0.717, 1.165) is 24.4 Å². The predicted molar refractivity (Wildman–Crippen MR) is 89.2 cm³/mol. The van der Waals surface area contributed by atoms with Crippen molar-refractivity contribution < 1.29 is 24.0 Å². The van der Waals surface area contributed by atoms with Gasteiger partial charge in [-0.25, -0.2) is 9.82 Å². The molecule has 0 fully saturated rings. The Labute approximate surface area is 146 Å². The van der Waals surface area contributed by atoms with E-state index < -0.39 is 40.5 Å². The number of aromatic hydroxyl groups is 1. The van der Waals surface area contributed by atoms with Crippen molar-refractivity contribution in [2.45, 2.75) is 0 Å². The number of rotatable bonds is 6. The first kappa shape index (κ1) is 18.5. The fourth-order valence-electron chi connectivity index (χ4n) is 1.89. The number of hydrogen-bond donors (Lipinski definition) is 3. The second-order valence-electron chi connectivity index (χ2n) is 4.99. The summed E-state index contributed by atoms with van der Waals surface area (Å²) in [5.41, 5.74) is 2.07. The SMILES string of the molecule is O=C(CNC(=O)c1cccc(F)c1)NN=Cc1ccc([N+](=O)[O-])c(O)c1. The lowest BCUT2D eigenvalue weighted by Crippen LogP contribution is -2.34. The van der Waals surface area contributed by atoms with Gasteiger partial charge in [-0.2, -0.15) is 5.10 Å². The summed E-state index contributed by atoms with van der Waals surface area (Å²) >= 11 is 0. The first-order valence-electron chi connectivity index (χ1n) is 7.20. The van der Waals surface area contributed by atoms with Crippen LogP contribution in [-0.2, 0) is 4.79 Å². The molecule has 0 spiro atoms. The summed E-state index contributed by atoms with van der Waals surface area (Å²) < 4.78 is 13.0. The molecular formula is C16H13FN4O5. The molecule has 0 unspecified atom stereocenters. The molecule has 134 valence electrons. The molecule has 2 aromatic rings. The normalized spacial score (nSPS) is 10.5. The smallest absolute Gasteiger partial charge is 0.310 e. The van der Waals surface area contributed by atoms with Crippen molar-refractivity contribution in [1.82, 2.24) is 10.7 Å². The minimum absolute atomic E-state index is 0.0719. The quantitative estimate of drug-likeness (QED) is 0.406. The molecule has 0 heterocycles. The van der Waals surface area contributed by atoms with Crippen LogP contribution in [0.15, 0.2) is 47.6 Å². The standard InChI is InChI=1S/C16H13FN4O5/c17-12-3-1-2-11(7-12)16(24)18-9-15(23)20-19-8-10-4-5-13(21(25)26)14(22)6-10/h1-8,22H,9H2,(H,18,24)(H,20,23). The number of hydrogen-bond acceptors (Lipinski definition) is 6. The van der Waals surface area contributed by atoms with Gasteiger partial charge < -0.3 is 10.4 Å². The summed E-state index contributed by atoms with van der Waals surface area (Å²) in [7, 11) is 0. The third-order valence-corrected chi connectivity index (χ3v) is 3.10. The Bertz CT molecular complexity index is 885. The van der Waals surface area contributed by atoms with Crippen LogP contribution in [0.5, 0.6) is 5.75 Å². The minimum Gasteiger partial charge on any atom is -0.502 e. The molecule has 10 heteroatoms. The summed E-state index contributed by atoms with van der Waals surface area (Å²) in [4.78, 5) is 33.2. The molecule has 2 amide bonds. The van der Waals surface area contributed by atoms with Gasteiger partial charge in [0.05, 0.1) is 17.7 Å². The molecule has 0 saturated heterocycles. The summed E-state index contributed by atoms with van der Waals surface area (Å²) in [5.74, 6) is -2.37. The minimum atomic E-state index is -0.737. The number of nitro groups is 1. The van der Waals surface area contributed by atoms with Gasteiger partial charge in [0.1, 0.15) is 5.82 Å². The second kappa shape index (κ2) is 8.33. The van der Waals surface area contributed by atoms with Crippen LogP contribution < -0.4 is 10.7 Å². The lowest BCUT2D eigenvalue weighted by atomic mass is 10.2. The molecule has 0 saturated carbocycles. The summed E-state index contributed by atoms with van der Waals surface area (Å²) in [6, 6.07) is 8.53. The zero-order valence-corrected chi connectivity index (χ0v) is 13.2. The molecular weight excluding hydrogens is 347 g/mol. The van der Waals surface area contributed by atoms with Crippen molar-refractivity contribution in [2.75, 3.05) is 6.54 Å². The van der Waals surface area contributed by atoms with Crippen molar-refractivity contribution in [3.05, 3.63) is 69.5 Å². The van der Waals surface area contributed by atoms with E-state index in [-0.39, 0.29) is 5.56 Å². The van der Waals surface area contributed by atoms with Gasteiger partial charge in [-0.1, -0.05) is 6.07 Å². The van der Waals surface area contributed by atoms with Crippen molar-refractivity contribution in [1.29, 1.82) is 0 Å². The first-order chi connectivity index (χ1) is 12.4. The maximum Gasteiger partial charge on any atom is 0.310 e. The van der Waals surface area contributed by atoms with Gasteiger partial charge in [-0.05, 0) is 35.9 Å². The van der Waals surface area contributed by atoms with Crippen LogP contribution in [0.25, 0.3) is 0 Å². The van der Waals surface area contributed by atoms with Gasteiger partial charge in [0.25, 0.3) is 11.8 Å². The van der Waals surface area contributed by atoms with Crippen LogP contribution in [0.2, 0.25) is 0 Å². The molecule has 3 N–H and O–H groups in total. The van der Waals surface area contributed by atoms with Crippen LogP contribution >= 0.6 is 0 Å². The Morgan fingerprint density at radius 2 is 2.04 bits per heavy atom. The Hall–Kier alpha value is -3.82. The highest BCUT2D eigenvalue weighted by molar-refractivity contribution is 5.96. The van der Waals surface area contributed by atoms with E-state index in [1.807, 2.05) is 0 Å². The van der Waals surface area contributed by atoms with Crippen molar-refractivity contribution in [3.63, 3.8) is 0 Å². The lowest BCUT2D eigenvalue weighted by molar-refractivity contribution is -0.385. The zero-order valence-electron chi connectivity index (χ0n) is 13.2. The Morgan fingerprint density at radius 3 is 2.69 bits per heavy atom. The highest BCUT2D eigenvalue weighted by atomic mass is 19.1. The number of halogens is 1. The van der Waals surface area contributed by atoms with Crippen molar-refractivity contribution in [2.24, 2.45) is 5.10 Å². The van der Waals surface area contributed by atoms with E-state index in [1.165, 1.54) is 24.3 Å². The highest BCUT2D eigenvalue weighted by Gasteiger charge is 2.12. The van der Waals surface area contributed by atoms with Gasteiger partial charge in [0.15, 0.2) is 5.75 Å². The van der Waals surface area contributed by atoms with Gasteiger partial charge in [-0.15, -0.1) is 0 Å². The third-order valence-electron chi connectivity index (χ3n) is 3.10. The van der Waals surface area contributed by atoms with Gasteiger partial charge in [0, 0.05) is 11.6 Å². The van der Waals surface area contributed by atoms with Gasteiger partial charge >= 0.3 is 5.69 Å². The maximum absolute atomic E-state index is 13.0. The summed E-state index contributed by atoms with van der Waals surface area (Å²) in [5, 5.41) is 26.0. The van der Waals surface area contributed by atoms with E-state index in [4.69, 9.17) is 0 Å². The summed E-state index contributed by atoms with van der Waals surface area (Å²) in [6.07, 6.45) is 1.16. The molecule has 9 nitrogen and oxygen atoms in total. The summed E-state index contributed by atoms with van der Waals surface area (Å²) in [6.45, 7) is -0.391. The zero-order chi connectivity index (χ0) is 19.1. The van der Waals surface area contributed by atoms with E-state index in [1.54, 1.807) is 0 Å². The van der Waals surface area contributed by atoms with Crippen molar-refractivity contribution >= 4 is 23.7 Å². The molecule has 0 bridgehead atoms. The first-order valence-corrected chi connectivity index (χ1v) is 7.20. The number of phenolic OH excluding ortho intramolecular Hbond substituents is 1. The number of benzene rings is 2. The molecule has 0 aliphatic heterocycles. The van der Waals surface area contributed by atoms with Gasteiger partial charge in [0.2, 0.25) is 0 Å². The number of amides is 2. The molecule has 2 aromatic carbocycles. The molecule has 0 aliphatic rings. The van der Waals surface area contributed by atoms with Gasteiger partial charge in [-0.3, -0.25) is 19.7 Å². The third kappa shape index (κ3) is 5.09. The monoisotopic (exact) mass is 360 g/mol. The molecule has 26 heavy (non-hydrogen) atoms. The van der Waals surface area contributed by atoms with E-state index in [0.29, 0.717) is 5.56 Å². The van der Waals surface area contributed by atoms with Crippen LogP contribution in [0.3, 0.4) is 0 Å². The Morgan fingerprint density at radius 1 is 1.27 bits per heavy atom. The number of nitrogens with one attached hydrogen (secondary N) is 2. The molecule has 0 aliphatic carbocycles. The molecule has 0 aromatic heterocycles. The second-order valence-corrected chi connectivity index (χ2v) is 4.99. The maximum atomic E-state index is 13.0. The largest absolute Gasteiger partial charge is 0.502 e. The fourth-order valence-corrected chi connectivity index (χ4v) is 1.89. The topological polar surface area (TPSA) is 134 Å². The Balaban J connectivity index is 1.85. The number of hydrazone groups is 1. The average Bonchev–Trinajstić information content (AvgIpc) is 2.59. The van der Waals surface area contributed by atoms with Crippen molar-refractivity contribution in [3.8, 4) is 5.75 Å². The van der Waals surface area contributed by atoms with E-state index in [2.05, 4.69) is 15.8 Å². The average molecular weight is 360 g/mol. The van der Waals surface area contributed by atoms with Crippen LogP contribution in [0.4, 0.5) is 10.1 Å². The number of nitro benzene ring substituents is 1. The molecule has 2 rings (SSSR count).